The molecule has 3 aromatic rings. The van der Waals surface area contributed by atoms with E-state index in [-0.39, 0.29) is 49.1 Å². The lowest BCUT2D eigenvalue weighted by atomic mass is 9.93. The predicted molar refractivity (Wildman–Crippen MR) is 155 cm³/mol. The van der Waals surface area contributed by atoms with Gasteiger partial charge in [0.05, 0.1) is 0 Å². The molecular formula is C32H37FN4O4. The van der Waals surface area contributed by atoms with E-state index < -0.39 is 23.9 Å². The van der Waals surface area contributed by atoms with Crippen molar-refractivity contribution < 1.29 is 23.6 Å². The Kier molecular flexibility index (Phi) is 9.37. The largest absolute Gasteiger partial charge is 0.357 e. The predicted octanol–water partition coefficient (Wildman–Crippen LogP) is 3.08. The molecule has 41 heavy (non-hydrogen) atoms. The number of rotatable bonds is 9. The number of carbonyl (C=O) groups is 4. The van der Waals surface area contributed by atoms with E-state index in [0.717, 1.165) is 16.3 Å². The van der Waals surface area contributed by atoms with E-state index in [1.807, 2.05) is 56.3 Å². The van der Waals surface area contributed by atoms with Crippen molar-refractivity contribution in [2.45, 2.75) is 51.7 Å². The minimum absolute atomic E-state index is 0.154. The molecule has 9 heteroatoms. The van der Waals surface area contributed by atoms with Gasteiger partial charge >= 0.3 is 0 Å². The first-order valence-electron chi connectivity index (χ1n) is 13.9. The first kappa shape index (κ1) is 29.7. The van der Waals surface area contributed by atoms with Crippen molar-refractivity contribution >= 4 is 34.4 Å². The van der Waals surface area contributed by atoms with E-state index in [1.54, 1.807) is 24.1 Å². The molecular weight excluding hydrogens is 523 g/mol. The van der Waals surface area contributed by atoms with Crippen LogP contribution in [0.15, 0.2) is 66.7 Å². The minimum Gasteiger partial charge on any atom is -0.357 e. The molecule has 216 valence electrons. The Morgan fingerprint density at radius 3 is 2.22 bits per heavy atom. The van der Waals surface area contributed by atoms with Gasteiger partial charge in [-0.25, -0.2) is 4.39 Å². The van der Waals surface area contributed by atoms with Gasteiger partial charge in [-0.3, -0.25) is 19.2 Å². The van der Waals surface area contributed by atoms with Crippen molar-refractivity contribution in [1.82, 2.24) is 20.4 Å². The summed E-state index contributed by atoms with van der Waals surface area (Å²) in [6.45, 7) is 5.42. The second kappa shape index (κ2) is 12.9. The minimum atomic E-state index is -0.925. The fraction of sp³-hybridized carbons (Fsp3) is 0.375. The van der Waals surface area contributed by atoms with Gasteiger partial charge in [-0.05, 0) is 39.9 Å². The topological polar surface area (TPSA) is 98.8 Å². The number of benzene rings is 3. The maximum Gasteiger partial charge on any atom is 0.246 e. The van der Waals surface area contributed by atoms with Crippen LogP contribution in [0.25, 0.3) is 10.8 Å². The number of amides is 4. The summed E-state index contributed by atoms with van der Waals surface area (Å²) in [5, 5.41) is 7.55. The van der Waals surface area contributed by atoms with Gasteiger partial charge in [-0.15, -0.1) is 0 Å². The third-order valence-corrected chi connectivity index (χ3v) is 7.57. The molecule has 3 atom stereocenters. The fourth-order valence-electron chi connectivity index (χ4n) is 5.57. The van der Waals surface area contributed by atoms with Crippen molar-refractivity contribution in [3.05, 3.63) is 83.7 Å². The van der Waals surface area contributed by atoms with Crippen LogP contribution in [0.3, 0.4) is 0 Å². The number of nitrogens with zero attached hydrogens (tertiary/aromatic N) is 2. The first-order chi connectivity index (χ1) is 19.6. The first-order valence-corrected chi connectivity index (χ1v) is 13.9. The van der Waals surface area contributed by atoms with Gasteiger partial charge in [-0.2, -0.15) is 0 Å². The van der Waals surface area contributed by atoms with Crippen molar-refractivity contribution in [2.24, 2.45) is 5.92 Å². The molecule has 0 saturated carbocycles. The molecule has 0 bridgehead atoms. The maximum atomic E-state index is 14.0. The van der Waals surface area contributed by atoms with E-state index in [0.29, 0.717) is 12.0 Å². The summed E-state index contributed by atoms with van der Waals surface area (Å²) in [6, 6.07) is 17.2. The van der Waals surface area contributed by atoms with Crippen LogP contribution in [0.2, 0.25) is 0 Å². The van der Waals surface area contributed by atoms with E-state index in [4.69, 9.17) is 0 Å². The van der Waals surface area contributed by atoms with Gasteiger partial charge in [0.15, 0.2) is 0 Å². The maximum absolute atomic E-state index is 14.0. The van der Waals surface area contributed by atoms with E-state index >= 15 is 0 Å². The van der Waals surface area contributed by atoms with Crippen LogP contribution in [-0.2, 0) is 32.0 Å². The Morgan fingerprint density at radius 2 is 1.59 bits per heavy atom. The molecule has 4 amide bonds. The second-order valence-electron chi connectivity index (χ2n) is 10.9. The molecule has 1 saturated heterocycles. The molecule has 0 aliphatic carbocycles. The molecule has 3 unspecified atom stereocenters. The fourth-order valence-corrected chi connectivity index (χ4v) is 5.57. The highest BCUT2D eigenvalue weighted by atomic mass is 19.1. The number of halogens is 1. The van der Waals surface area contributed by atoms with E-state index in [9.17, 15) is 23.6 Å². The van der Waals surface area contributed by atoms with Gasteiger partial charge in [0, 0.05) is 39.9 Å². The Hall–Kier alpha value is -4.27. The van der Waals surface area contributed by atoms with Crippen molar-refractivity contribution in [3.8, 4) is 0 Å². The van der Waals surface area contributed by atoms with Crippen molar-refractivity contribution in [1.29, 1.82) is 0 Å². The number of likely N-dealkylation sites (N-methyl/N-ethyl adjacent to an activating group) is 1. The SMILES string of the molecule is CNC(=O)C(Cc1ccc2ccccc2c1)N1CCN(C(=O)C(Cc2ccc(F)cc2)NC(C)=O)C(C(C)C)C1=O. The zero-order chi connectivity index (χ0) is 29.7. The molecule has 0 aromatic heterocycles. The number of hydrogen-bond acceptors (Lipinski definition) is 4. The van der Waals surface area contributed by atoms with E-state index in [1.165, 1.54) is 24.0 Å². The summed E-state index contributed by atoms with van der Waals surface area (Å²) in [5.41, 5.74) is 1.61. The summed E-state index contributed by atoms with van der Waals surface area (Å²) in [7, 11) is 1.55. The molecule has 0 spiro atoms. The monoisotopic (exact) mass is 560 g/mol. The molecule has 1 aliphatic heterocycles. The van der Waals surface area contributed by atoms with Gasteiger partial charge in [0.1, 0.15) is 23.9 Å². The van der Waals surface area contributed by atoms with Crippen LogP contribution in [0.1, 0.15) is 31.9 Å². The van der Waals surface area contributed by atoms with Gasteiger partial charge in [0.25, 0.3) is 0 Å². The molecule has 8 nitrogen and oxygen atoms in total. The Labute approximate surface area is 239 Å². The molecule has 0 radical (unpaired) electrons. The van der Waals surface area contributed by atoms with Crippen molar-refractivity contribution in [2.75, 3.05) is 20.1 Å². The average Bonchev–Trinajstić information content (AvgIpc) is 2.95. The second-order valence-corrected chi connectivity index (χ2v) is 10.9. The third-order valence-electron chi connectivity index (χ3n) is 7.57. The Bertz CT molecular complexity index is 1420. The Balaban J connectivity index is 1.59. The number of carbonyl (C=O) groups excluding carboxylic acids is 4. The highest BCUT2D eigenvalue weighted by Gasteiger charge is 2.44. The lowest BCUT2D eigenvalue weighted by molar-refractivity contribution is -0.159. The van der Waals surface area contributed by atoms with Crippen LogP contribution in [0.5, 0.6) is 0 Å². The average molecular weight is 561 g/mol. The van der Waals surface area contributed by atoms with Crippen molar-refractivity contribution in [3.63, 3.8) is 0 Å². The summed E-state index contributed by atoms with van der Waals surface area (Å²) < 4.78 is 13.4. The number of piperazine rings is 1. The van der Waals surface area contributed by atoms with Crippen LogP contribution in [-0.4, -0.2) is 71.7 Å². The molecule has 2 N–H and O–H groups in total. The molecule has 1 fully saturated rings. The number of hydrogen-bond donors (Lipinski definition) is 2. The third kappa shape index (κ3) is 6.90. The number of nitrogens with one attached hydrogen (secondary N) is 2. The zero-order valence-corrected chi connectivity index (χ0v) is 23.9. The molecule has 3 aromatic carbocycles. The van der Waals surface area contributed by atoms with E-state index in [2.05, 4.69) is 10.6 Å². The van der Waals surface area contributed by atoms with Crippen LogP contribution >= 0.6 is 0 Å². The highest BCUT2D eigenvalue weighted by Crippen LogP contribution is 2.25. The smallest absolute Gasteiger partial charge is 0.246 e. The highest BCUT2D eigenvalue weighted by molar-refractivity contribution is 5.95. The lowest BCUT2D eigenvalue weighted by Gasteiger charge is -2.45. The zero-order valence-electron chi connectivity index (χ0n) is 23.9. The Morgan fingerprint density at radius 1 is 0.927 bits per heavy atom. The van der Waals surface area contributed by atoms with Crippen LogP contribution in [0, 0.1) is 11.7 Å². The molecule has 4 rings (SSSR count). The standard InChI is InChI=1S/C32H37FN4O4/c1-20(2)29-32(41)36(28(30(39)34-4)19-23-9-12-24-7-5-6-8-25(24)17-23)15-16-37(29)31(40)27(35-21(3)38)18-22-10-13-26(33)14-11-22/h5-14,17,20,27-29H,15-16,18-19H2,1-4H3,(H,34,39)(H,35,38). The summed E-state index contributed by atoms with van der Waals surface area (Å²) in [4.78, 5) is 56.1. The van der Waals surface area contributed by atoms with Gasteiger partial charge in [0.2, 0.25) is 23.6 Å². The molecule has 1 aliphatic rings. The number of fused-ring (bicyclic) bond motifs is 1. The summed E-state index contributed by atoms with van der Waals surface area (Å²) in [6.07, 6.45) is 0.481. The quantitative estimate of drug-likeness (QED) is 0.420. The summed E-state index contributed by atoms with van der Waals surface area (Å²) in [5.74, 6) is -2.00. The van der Waals surface area contributed by atoms with Crippen LogP contribution in [0.4, 0.5) is 4.39 Å². The van der Waals surface area contributed by atoms with Gasteiger partial charge < -0.3 is 20.4 Å². The molecule has 1 heterocycles. The normalized spacial score (nSPS) is 16.9. The summed E-state index contributed by atoms with van der Waals surface area (Å²) >= 11 is 0. The van der Waals surface area contributed by atoms with Crippen LogP contribution < -0.4 is 10.6 Å². The lowest BCUT2D eigenvalue weighted by Crippen LogP contribution is -2.66. The van der Waals surface area contributed by atoms with Gasteiger partial charge in [-0.1, -0.05) is 68.4 Å².